The van der Waals surface area contributed by atoms with Crippen molar-refractivity contribution in [1.29, 1.82) is 0 Å². The van der Waals surface area contributed by atoms with E-state index in [4.69, 9.17) is 9.52 Å². The van der Waals surface area contributed by atoms with E-state index in [9.17, 15) is 9.90 Å². The van der Waals surface area contributed by atoms with Crippen molar-refractivity contribution in [2.75, 3.05) is 0 Å². The number of benzene rings is 1. The molecule has 2 N–H and O–H groups in total. The van der Waals surface area contributed by atoms with Crippen molar-refractivity contribution < 1.29 is 19.4 Å². The number of aromatic carboxylic acids is 1. The maximum atomic E-state index is 11.1. The second kappa shape index (κ2) is 4.53. The van der Waals surface area contributed by atoms with E-state index in [1.54, 1.807) is 17.5 Å². The fourth-order valence-corrected chi connectivity index (χ4v) is 2.85. The highest BCUT2D eigenvalue weighted by Crippen LogP contribution is 2.32. The summed E-state index contributed by atoms with van der Waals surface area (Å²) in [7, 11) is 0. The first-order chi connectivity index (χ1) is 9.16. The minimum absolute atomic E-state index is 0.109. The summed E-state index contributed by atoms with van der Waals surface area (Å²) < 4.78 is 5.55. The Kier molecular flexibility index (Phi) is 2.85. The summed E-state index contributed by atoms with van der Waals surface area (Å²) in [6.45, 7) is 0. The van der Waals surface area contributed by atoms with Crippen LogP contribution in [0.25, 0.3) is 11.0 Å². The van der Waals surface area contributed by atoms with Crippen molar-refractivity contribution >= 4 is 28.3 Å². The molecule has 0 saturated carbocycles. The van der Waals surface area contributed by atoms with Crippen LogP contribution < -0.4 is 0 Å². The van der Waals surface area contributed by atoms with E-state index in [0.29, 0.717) is 16.2 Å². The highest BCUT2D eigenvalue weighted by molar-refractivity contribution is 7.10. The van der Waals surface area contributed by atoms with E-state index in [-0.39, 0.29) is 5.56 Å². The van der Waals surface area contributed by atoms with E-state index in [0.717, 1.165) is 5.39 Å². The number of para-hydroxylation sites is 1. The first-order valence-electron chi connectivity index (χ1n) is 5.64. The Morgan fingerprint density at radius 1 is 1.26 bits per heavy atom. The zero-order valence-electron chi connectivity index (χ0n) is 9.74. The standard InChI is InChI=1S/C14H10O4S/c15-12(13-9(14(16)17)5-6-19-13)11-7-8-3-1-2-4-10(8)18-11/h1-7,12,15H,(H,16,17). The SMILES string of the molecule is O=C(O)c1ccsc1C(O)c1cc2ccccc2o1. The molecule has 2 aromatic heterocycles. The smallest absolute Gasteiger partial charge is 0.336 e. The third-order valence-corrected chi connectivity index (χ3v) is 3.86. The number of furan rings is 1. The number of hydrogen-bond donors (Lipinski definition) is 2. The molecule has 0 aliphatic carbocycles. The van der Waals surface area contributed by atoms with Crippen LogP contribution in [-0.2, 0) is 0 Å². The minimum atomic E-state index is -1.06. The molecule has 0 amide bonds. The molecule has 0 saturated heterocycles. The number of aliphatic hydroxyl groups excluding tert-OH is 1. The minimum Gasteiger partial charge on any atom is -0.478 e. The number of carboxylic acids is 1. The zero-order chi connectivity index (χ0) is 13.4. The van der Waals surface area contributed by atoms with Gasteiger partial charge in [0.25, 0.3) is 0 Å². The van der Waals surface area contributed by atoms with Gasteiger partial charge in [-0.15, -0.1) is 11.3 Å². The summed E-state index contributed by atoms with van der Waals surface area (Å²) >= 11 is 1.20. The summed E-state index contributed by atoms with van der Waals surface area (Å²) in [4.78, 5) is 11.4. The van der Waals surface area contributed by atoms with E-state index < -0.39 is 12.1 Å². The molecule has 19 heavy (non-hydrogen) atoms. The van der Waals surface area contributed by atoms with Crippen LogP contribution in [0.4, 0.5) is 0 Å². The molecule has 0 bridgehead atoms. The van der Waals surface area contributed by atoms with Crippen molar-refractivity contribution in [2.24, 2.45) is 0 Å². The molecule has 2 heterocycles. The van der Waals surface area contributed by atoms with E-state index >= 15 is 0 Å². The predicted molar refractivity (Wildman–Crippen MR) is 71.6 cm³/mol. The molecule has 0 aliphatic rings. The number of carboxylic acid groups (broad SMARTS) is 1. The molecule has 3 aromatic rings. The van der Waals surface area contributed by atoms with Crippen molar-refractivity contribution in [2.45, 2.75) is 6.10 Å². The van der Waals surface area contributed by atoms with Crippen molar-refractivity contribution in [1.82, 2.24) is 0 Å². The molecule has 1 unspecified atom stereocenters. The maximum absolute atomic E-state index is 11.1. The van der Waals surface area contributed by atoms with Crippen LogP contribution in [0.1, 0.15) is 27.1 Å². The monoisotopic (exact) mass is 274 g/mol. The summed E-state index contributed by atoms with van der Waals surface area (Å²) in [6.07, 6.45) is -1.06. The molecule has 4 nitrogen and oxygen atoms in total. The maximum Gasteiger partial charge on any atom is 0.336 e. The molecule has 96 valence electrons. The van der Waals surface area contributed by atoms with Gasteiger partial charge in [-0.25, -0.2) is 4.79 Å². The molecule has 0 fully saturated rings. The Hall–Kier alpha value is -2.11. The topological polar surface area (TPSA) is 70.7 Å². The Morgan fingerprint density at radius 3 is 2.79 bits per heavy atom. The summed E-state index contributed by atoms with van der Waals surface area (Å²) in [6, 6.07) is 10.6. The highest BCUT2D eigenvalue weighted by Gasteiger charge is 2.22. The molecule has 0 radical (unpaired) electrons. The number of aliphatic hydroxyl groups is 1. The van der Waals surface area contributed by atoms with Gasteiger partial charge in [0.05, 0.1) is 10.4 Å². The van der Waals surface area contributed by atoms with Crippen molar-refractivity contribution in [3.8, 4) is 0 Å². The summed E-state index contributed by atoms with van der Waals surface area (Å²) in [5.74, 6) is -0.697. The van der Waals surface area contributed by atoms with Crippen LogP contribution in [0, 0.1) is 0 Å². The predicted octanol–water partition coefficient (Wildman–Crippen LogP) is 3.27. The van der Waals surface area contributed by atoms with Crippen molar-refractivity contribution in [3.63, 3.8) is 0 Å². The lowest BCUT2D eigenvalue weighted by Gasteiger charge is -2.06. The third-order valence-electron chi connectivity index (χ3n) is 2.89. The van der Waals surface area contributed by atoms with Crippen molar-refractivity contribution in [3.05, 3.63) is 58.0 Å². The van der Waals surface area contributed by atoms with Gasteiger partial charge in [-0.1, -0.05) is 18.2 Å². The largest absolute Gasteiger partial charge is 0.478 e. The van der Waals surface area contributed by atoms with E-state index in [2.05, 4.69) is 0 Å². The lowest BCUT2D eigenvalue weighted by molar-refractivity contribution is 0.0692. The van der Waals surface area contributed by atoms with E-state index in [1.165, 1.54) is 17.4 Å². The second-order valence-corrected chi connectivity index (χ2v) is 5.04. The molecule has 1 atom stereocenters. The fourth-order valence-electron chi connectivity index (χ4n) is 1.98. The number of rotatable bonds is 3. The van der Waals surface area contributed by atoms with Crippen LogP contribution in [0.5, 0.6) is 0 Å². The van der Waals surface area contributed by atoms with E-state index in [1.807, 2.05) is 18.2 Å². The third kappa shape index (κ3) is 2.03. The van der Waals surface area contributed by atoms with Gasteiger partial charge in [-0.2, -0.15) is 0 Å². The fraction of sp³-hybridized carbons (Fsp3) is 0.0714. The van der Waals surface area contributed by atoms with Gasteiger partial charge in [0.15, 0.2) is 0 Å². The zero-order valence-corrected chi connectivity index (χ0v) is 10.6. The first kappa shape index (κ1) is 12.0. The van der Waals surface area contributed by atoms with Crippen LogP contribution in [0.15, 0.2) is 46.2 Å². The quantitative estimate of drug-likeness (QED) is 0.769. The average molecular weight is 274 g/mol. The Balaban J connectivity index is 2.05. The lowest BCUT2D eigenvalue weighted by Crippen LogP contribution is -2.03. The van der Waals surface area contributed by atoms with Gasteiger partial charge in [-0.3, -0.25) is 0 Å². The van der Waals surface area contributed by atoms with Crippen LogP contribution in [0.3, 0.4) is 0 Å². The van der Waals surface area contributed by atoms with Crippen LogP contribution >= 0.6 is 11.3 Å². The number of thiophene rings is 1. The number of fused-ring (bicyclic) bond motifs is 1. The van der Waals surface area contributed by atoms with Gasteiger partial charge in [0.1, 0.15) is 17.4 Å². The summed E-state index contributed by atoms with van der Waals surface area (Å²) in [5, 5.41) is 21.8. The van der Waals surface area contributed by atoms with Gasteiger partial charge < -0.3 is 14.6 Å². The van der Waals surface area contributed by atoms with Gasteiger partial charge in [0, 0.05) is 5.39 Å². The van der Waals surface area contributed by atoms with Crippen LogP contribution in [0.2, 0.25) is 0 Å². The van der Waals surface area contributed by atoms with Crippen LogP contribution in [-0.4, -0.2) is 16.2 Å². The number of carbonyl (C=O) groups is 1. The molecular formula is C14H10O4S. The molecular weight excluding hydrogens is 264 g/mol. The first-order valence-corrected chi connectivity index (χ1v) is 6.52. The molecule has 5 heteroatoms. The Morgan fingerprint density at radius 2 is 2.05 bits per heavy atom. The van der Waals surface area contributed by atoms with Gasteiger partial charge in [-0.05, 0) is 23.6 Å². The Labute approximate surface area is 112 Å². The molecule has 1 aromatic carbocycles. The number of hydrogen-bond acceptors (Lipinski definition) is 4. The average Bonchev–Trinajstić information content (AvgIpc) is 3.04. The second-order valence-electron chi connectivity index (χ2n) is 4.09. The normalized spacial score (nSPS) is 12.7. The molecule has 0 aliphatic heterocycles. The Bertz CT molecular complexity index is 708. The molecule has 0 spiro atoms. The highest BCUT2D eigenvalue weighted by atomic mass is 32.1. The lowest BCUT2D eigenvalue weighted by atomic mass is 10.1. The molecule has 3 rings (SSSR count). The van der Waals surface area contributed by atoms with Gasteiger partial charge >= 0.3 is 5.97 Å². The summed E-state index contributed by atoms with van der Waals surface area (Å²) in [5.41, 5.74) is 0.780. The van der Waals surface area contributed by atoms with Gasteiger partial charge in [0.2, 0.25) is 0 Å².